The molecule has 19 heavy (non-hydrogen) atoms. The SMILES string of the molecule is Cc1ncccc1NC(=O)c1cc(Br)cc(N)c1C. The van der Waals surface area contributed by atoms with Crippen molar-refractivity contribution in [2.24, 2.45) is 0 Å². The topological polar surface area (TPSA) is 68.0 Å². The number of halogens is 1. The van der Waals surface area contributed by atoms with Crippen LogP contribution in [0, 0.1) is 13.8 Å². The molecule has 2 aromatic rings. The first kappa shape index (κ1) is 13.5. The molecule has 0 saturated heterocycles. The maximum atomic E-state index is 12.3. The lowest BCUT2D eigenvalue weighted by molar-refractivity contribution is 0.102. The van der Waals surface area contributed by atoms with Crippen molar-refractivity contribution >= 4 is 33.2 Å². The number of rotatable bonds is 2. The van der Waals surface area contributed by atoms with Crippen LogP contribution in [-0.2, 0) is 0 Å². The van der Waals surface area contributed by atoms with Crippen molar-refractivity contribution in [3.63, 3.8) is 0 Å². The molecule has 98 valence electrons. The number of nitrogens with zero attached hydrogens (tertiary/aromatic N) is 1. The van der Waals surface area contributed by atoms with Gasteiger partial charge >= 0.3 is 0 Å². The van der Waals surface area contributed by atoms with Gasteiger partial charge in [-0.2, -0.15) is 0 Å². The van der Waals surface area contributed by atoms with Crippen LogP contribution in [0.15, 0.2) is 34.9 Å². The van der Waals surface area contributed by atoms with E-state index < -0.39 is 0 Å². The molecule has 0 bridgehead atoms. The van der Waals surface area contributed by atoms with Gasteiger partial charge in [0.05, 0.1) is 11.4 Å². The first-order valence-corrected chi connectivity index (χ1v) is 6.57. The molecule has 0 saturated carbocycles. The molecule has 0 radical (unpaired) electrons. The molecule has 0 atom stereocenters. The minimum Gasteiger partial charge on any atom is -0.398 e. The number of aromatic nitrogens is 1. The van der Waals surface area contributed by atoms with E-state index in [0.29, 0.717) is 16.9 Å². The van der Waals surface area contributed by atoms with E-state index in [-0.39, 0.29) is 5.91 Å². The zero-order chi connectivity index (χ0) is 14.0. The highest BCUT2D eigenvalue weighted by Crippen LogP contribution is 2.24. The van der Waals surface area contributed by atoms with E-state index in [0.717, 1.165) is 15.7 Å². The van der Waals surface area contributed by atoms with Gasteiger partial charge in [-0.1, -0.05) is 15.9 Å². The predicted octanol–water partition coefficient (Wildman–Crippen LogP) is 3.30. The molecule has 1 aromatic heterocycles. The number of hydrogen-bond donors (Lipinski definition) is 2. The average molecular weight is 320 g/mol. The Bertz CT molecular complexity index is 641. The third-order valence-corrected chi connectivity index (χ3v) is 3.37. The van der Waals surface area contributed by atoms with Crippen LogP contribution in [0.3, 0.4) is 0 Å². The van der Waals surface area contributed by atoms with Crippen molar-refractivity contribution in [2.45, 2.75) is 13.8 Å². The highest BCUT2D eigenvalue weighted by molar-refractivity contribution is 9.10. The second-order valence-corrected chi connectivity index (χ2v) is 5.17. The van der Waals surface area contributed by atoms with Gasteiger partial charge < -0.3 is 11.1 Å². The number of benzene rings is 1. The molecule has 1 heterocycles. The number of nitrogens with two attached hydrogens (primary N) is 1. The van der Waals surface area contributed by atoms with Crippen LogP contribution in [0.5, 0.6) is 0 Å². The van der Waals surface area contributed by atoms with Crippen LogP contribution >= 0.6 is 15.9 Å². The molecule has 3 N–H and O–H groups in total. The van der Waals surface area contributed by atoms with Gasteiger partial charge in [0, 0.05) is 21.9 Å². The second-order valence-electron chi connectivity index (χ2n) is 4.26. The summed E-state index contributed by atoms with van der Waals surface area (Å²) in [6, 6.07) is 7.13. The first-order chi connectivity index (χ1) is 8.99. The Kier molecular flexibility index (Phi) is 3.85. The van der Waals surface area contributed by atoms with Gasteiger partial charge in [-0.25, -0.2) is 0 Å². The maximum Gasteiger partial charge on any atom is 0.256 e. The van der Waals surface area contributed by atoms with E-state index in [2.05, 4.69) is 26.2 Å². The Balaban J connectivity index is 2.33. The molecule has 0 aliphatic rings. The molecule has 2 rings (SSSR count). The van der Waals surface area contributed by atoms with Crippen LogP contribution in [0.4, 0.5) is 11.4 Å². The largest absolute Gasteiger partial charge is 0.398 e. The van der Waals surface area contributed by atoms with Gasteiger partial charge in [-0.15, -0.1) is 0 Å². The summed E-state index contributed by atoms with van der Waals surface area (Å²) < 4.78 is 0.781. The summed E-state index contributed by atoms with van der Waals surface area (Å²) in [7, 11) is 0. The van der Waals surface area contributed by atoms with Crippen molar-refractivity contribution in [3.05, 3.63) is 51.8 Å². The Morgan fingerprint density at radius 3 is 2.79 bits per heavy atom. The third-order valence-electron chi connectivity index (χ3n) is 2.91. The maximum absolute atomic E-state index is 12.3. The minimum absolute atomic E-state index is 0.193. The molecular weight excluding hydrogens is 306 g/mol. The average Bonchev–Trinajstić information content (AvgIpc) is 2.36. The van der Waals surface area contributed by atoms with E-state index in [9.17, 15) is 4.79 Å². The van der Waals surface area contributed by atoms with Crippen molar-refractivity contribution in [1.29, 1.82) is 0 Å². The van der Waals surface area contributed by atoms with Crippen LogP contribution in [0.1, 0.15) is 21.6 Å². The van der Waals surface area contributed by atoms with Crippen molar-refractivity contribution < 1.29 is 4.79 Å². The lowest BCUT2D eigenvalue weighted by atomic mass is 10.1. The Labute approximate surface area is 120 Å². The lowest BCUT2D eigenvalue weighted by Crippen LogP contribution is -2.15. The van der Waals surface area contributed by atoms with Crippen LogP contribution in [0.2, 0.25) is 0 Å². The molecule has 0 spiro atoms. The van der Waals surface area contributed by atoms with Gasteiger partial charge in [-0.3, -0.25) is 9.78 Å². The molecular formula is C14H14BrN3O. The Morgan fingerprint density at radius 1 is 1.37 bits per heavy atom. The summed E-state index contributed by atoms with van der Waals surface area (Å²) in [4.78, 5) is 16.4. The Hall–Kier alpha value is -1.88. The van der Waals surface area contributed by atoms with Crippen LogP contribution in [0.25, 0.3) is 0 Å². The zero-order valence-electron chi connectivity index (χ0n) is 10.7. The van der Waals surface area contributed by atoms with Crippen LogP contribution in [-0.4, -0.2) is 10.9 Å². The zero-order valence-corrected chi connectivity index (χ0v) is 12.3. The van der Waals surface area contributed by atoms with Gasteiger partial charge in [0.2, 0.25) is 0 Å². The number of aryl methyl sites for hydroxylation is 1. The summed E-state index contributed by atoms with van der Waals surface area (Å²) in [6.45, 7) is 3.67. The van der Waals surface area contributed by atoms with E-state index >= 15 is 0 Å². The highest BCUT2D eigenvalue weighted by atomic mass is 79.9. The van der Waals surface area contributed by atoms with Crippen molar-refractivity contribution in [1.82, 2.24) is 4.98 Å². The molecule has 4 nitrogen and oxygen atoms in total. The number of anilines is 2. The van der Waals surface area contributed by atoms with Gasteiger partial charge in [-0.05, 0) is 43.7 Å². The second kappa shape index (κ2) is 5.40. The quantitative estimate of drug-likeness (QED) is 0.834. The van der Waals surface area contributed by atoms with Crippen molar-refractivity contribution in [3.8, 4) is 0 Å². The molecule has 1 amide bonds. The van der Waals surface area contributed by atoms with Gasteiger partial charge in [0.25, 0.3) is 5.91 Å². The fraction of sp³-hybridized carbons (Fsp3) is 0.143. The monoisotopic (exact) mass is 319 g/mol. The third kappa shape index (κ3) is 2.93. The highest BCUT2D eigenvalue weighted by Gasteiger charge is 2.13. The number of carbonyl (C=O) groups is 1. The van der Waals surface area contributed by atoms with E-state index in [1.165, 1.54) is 0 Å². The lowest BCUT2D eigenvalue weighted by Gasteiger charge is -2.11. The molecule has 5 heteroatoms. The van der Waals surface area contributed by atoms with Crippen molar-refractivity contribution in [2.75, 3.05) is 11.1 Å². The first-order valence-electron chi connectivity index (χ1n) is 5.77. The smallest absolute Gasteiger partial charge is 0.256 e. The van der Waals surface area contributed by atoms with Gasteiger partial charge in [0.1, 0.15) is 0 Å². The van der Waals surface area contributed by atoms with E-state index in [1.807, 2.05) is 19.9 Å². The Morgan fingerprint density at radius 2 is 2.11 bits per heavy atom. The molecule has 0 fully saturated rings. The fourth-order valence-corrected chi connectivity index (χ4v) is 2.22. The molecule has 0 unspecified atom stereocenters. The van der Waals surface area contributed by atoms with E-state index in [4.69, 9.17) is 5.73 Å². The summed E-state index contributed by atoms with van der Waals surface area (Å²) in [5, 5.41) is 2.84. The number of nitrogens with one attached hydrogen (secondary N) is 1. The normalized spacial score (nSPS) is 10.3. The van der Waals surface area contributed by atoms with Crippen LogP contribution < -0.4 is 11.1 Å². The summed E-state index contributed by atoms with van der Waals surface area (Å²) >= 11 is 3.34. The number of carbonyl (C=O) groups excluding carboxylic acids is 1. The summed E-state index contributed by atoms with van der Waals surface area (Å²) in [5.41, 5.74) is 9.24. The summed E-state index contributed by atoms with van der Waals surface area (Å²) in [5.74, 6) is -0.193. The van der Waals surface area contributed by atoms with E-state index in [1.54, 1.807) is 24.4 Å². The molecule has 0 aliphatic heterocycles. The molecule has 0 aliphatic carbocycles. The number of hydrogen-bond acceptors (Lipinski definition) is 3. The minimum atomic E-state index is -0.193. The number of nitrogen functional groups attached to an aromatic ring is 1. The summed E-state index contributed by atoms with van der Waals surface area (Å²) in [6.07, 6.45) is 1.69. The number of pyridine rings is 1. The predicted molar refractivity (Wildman–Crippen MR) is 80.2 cm³/mol. The van der Waals surface area contributed by atoms with Gasteiger partial charge in [0.15, 0.2) is 0 Å². The standard InChI is InChI=1S/C14H14BrN3O/c1-8-11(6-10(15)7-12(8)16)14(19)18-13-4-3-5-17-9(13)2/h3-7H,16H2,1-2H3,(H,18,19). The number of amides is 1. The molecule has 1 aromatic carbocycles. The fourth-order valence-electron chi connectivity index (χ4n) is 1.74.